The lowest BCUT2D eigenvalue weighted by atomic mass is 10.1. The Labute approximate surface area is 156 Å². The fourth-order valence-corrected chi connectivity index (χ4v) is 3.08. The minimum Gasteiger partial charge on any atom is -0.497 e. The Morgan fingerprint density at radius 2 is 1.93 bits per heavy atom. The smallest absolute Gasteiger partial charge is 0.239 e. The van der Waals surface area contributed by atoms with Crippen LogP contribution in [0.4, 0.5) is 10.1 Å². The maximum Gasteiger partial charge on any atom is 0.239 e. The Hall–Kier alpha value is -3.09. The summed E-state index contributed by atoms with van der Waals surface area (Å²) in [5.74, 6) is -0.577. The molecule has 0 spiro atoms. The highest BCUT2D eigenvalue weighted by Gasteiger charge is 2.38. The Balaban J connectivity index is 1.69. The number of halogens is 1. The Kier molecular flexibility index (Phi) is 5.59. The van der Waals surface area contributed by atoms with Crippen molar-refractivity contribution >= 4 is 17.5 Å². The minimum absolute atomic E-state index is 0.241. The van der Waals surface area contributed by atoms with Crippen molar-refractivity contribution in [3.63, 3.8) is 0 Å². The van der Waals surface area contributed by atoms with Crippen LogP contribution in [-0.4, -0.2) is 32.6 Å². The first-order valence-corrected chi connectivity index (χ1v) is 8.59. The number of hydrogen-bond acceptors (Lipinski definition) is 4. The third kappa shape index (κ3) is 4.02. The van der Waals surface area contributed by atoms with Gasteiger partial charge in [0.2, 0.25) is 11.8 Å². The summed E-state index contributed by atoms with van der Waals surface area (Å²) >= 11 is 0. The summed E-state index contributed by atoms with van der Waals surface area (Å²) in [4.78, 5) is 26.8. The van der Waals surface area contributed by atoms with Crippen LogP contribution in [0.15, 0.2) is 42.5 Å². The molecule has 0 unspecified atom stereocenters. The van der Waals surface area contributed by atoms with Gasteiger partial charge in [-0.15, -0.1) is 0 Å². The molecule has 2 amide bonds. The first-order valence-electron chi connectivity index (χ1n) is 8.59. The van der Waals surface area contributed by atoms with E-state index in [-0.39, 0.29) is 24.2 Å². The van der Waals surface area contributed by atoms with Crippen LogP contribution in [0.25, 0.3) is 0 Å². The molecule has 2 aromatic rings. The number of nitrogens with one attached hydrogen (secondary N) is 1. The summed E-state index contributed by atoms with van der Waals surface area (Å²) in [5.41, 5.74) is 1.34. The zero-order valence-electron chi connectivity index (χ0n) is 15.2. The molecule has 1 aliphatic rings. The number of carbonyl (C=O) groups is 2. The van der Waals surface area contributed by atoms with Crippen molar-refractivity contribution in [3.8, 4) is 11.5 Å². The summed E-state index contributed by atoms with van der Waals surface area (Å²) < 4.78 is 23.5. The molecule has 1 atom stereocenters. The van der Waals surface area contributed by atoms with Crippen molar-refractivity contribution in [2.45, 2.75) is 13.0 Å². The van der Waals surface area contributed by atoms with Crippen LogP contribution in [0.2, 0.25) is 0 Å². The lowest BCUT2D eigenvalue weighted by molar-refractivity contribution is -0.132. The number of hydrogen-bond donors (Lipinski definition) is 1. The highest BCUT2D eigenvalue weighted by Crippen LogP contribution is 2.36. The van der Waals surface area contributed by atoms with Gasteiger partial charge in [-0.1, -0.05) is 12.1 Å². The number of nitrogens with zero attached hydrogens (tertiary/aromatic N) is 1. The molecule has 1 heterocycles. The van der Waals surface area contributed by atoms with Gasteiger partial charge in [0.05, 0.1) is 19.9 Å². The van der Waals surface area contributed by atoms with Gasteiger partial charge in [-0.05, 0) is 36.2 Å². The molecular formula is C20H21FN2O4. The van der Waals surface area contributed by atoms with Gasteiger partial charge in [-0.25, -0.2) is 4.39 Å². The highest BCUT2D eigenvalue weighted by molar-refractivity contribution is 6.10. The number of amides is 2. The summed E-state index contributed by atoms with van der Waals surface area (Å²) in [5, 5.41) is 2.75. The number of carbonyl (C=O) groups excluding carboxylic acids is 2. The predicted octanol–water partition coefficient (Wildman–Crippen LogP) is 2.51. The van der Waals surface area contributed by atoms with E-state index in [0.29, 0.717) is 30.2 Å². The van der Waals surface area contributed by atoms with Crippen molar-refractivity contribution in [1.29, 1.82) is 0 Å². The van der Waals surface area contributed by atoms with E-state index in [1.54, 1.807) is 42.3 Å². The van der Waals surface area contributed by atoms with Crippen LogP contribution in [0.1, 0.15) is 12.0 Å². The van der Waals surface area contributed by atoms with E-state index in [1.807, 2.05) is 0 Å². The van der Waals surface area contributed by atoms with Crippen molar-refractivity contribution < 1.29 is 23.5 Å². The van der Waals surface area contributed by atoms with Crippen LogP contribution < -0.4 is 19.7 Å². The average molecular weight is 372 g/mol. The highest BCUT2D eigenvalue weighted by atomic mass is 19.1. The second-order valence-corrected chi connectivity index (χ2v) is 6.21. The SMILES string of the molecule is COc1ccc(OC)c(N2CC[C@H](C(=O)NCc3ccc(F)cc3)C2=O)c1. The van der Waals surface area contributed by atoms with Crippen molar-refractivity contribution in [3.05, 3.63) is 53.8 Å². The predicted molar refractivity (Wildman–Crippen MR) is 98.3 cm³/mol. The normalized spacial score (nSPS) is 16.3. The van der Waals surface area contributed by atoms with Crippen LogP contribution >= 0.6 is 0 Å². The second kappa shape index (κ2) is 8.07. The van der Waals surface area contributed by atoms with Crippen LogP contribution in [0.3, 0.4) is 0 Å². The lowest BCUT2D eigenvalue weighted by Gasteiger charge is -2.20. The molecule has 2 aromatic carbocycles. The Morgan fingerprint density at radius 3 is 2.59 bits per heavy atom. The van der Waals surface area contributed by atoms with Gasteiger partial charge in [-0.2, -0.15) is 0 Å². The maximum atomic E-state index is 12.9. The summed E-state index contributed by atoms with van der Waals surface area (Å²) in [7, 11) is 3.07. The molecule has 0 bridgehead atoms. The molecule has 6 nitrogen and oxygen atoms in total. The molecule has 1 aliphatic heterocycles. The largest absolute Gasteiger partial charge is 0.497 e. The first-order chi connectivity index (χ1) is 13.0. The van der Waals surface area contributed by atoms with E-state index in [2.05, 4.69) is 5.32 Å². The zero-order valence-corrected chi connectivity index (χ0v) is 15.2. The van der Waals surface area contributed by atoms with Gasteiger partial charge in [-0.3, -0.25) is 9.59 Å². The van der Waals surface area contributed by atoms with Crippen LogP contribution in [0.5, 0.6) is 11.5 Å². The molecule has 1 saturated heterocycles. The lowest BCUT2D eigenvalue weighted by Crippen LogP contribution is -2.36. The number of ether oxygens (including phenoxy) is 2. The summed E-state index contributed by atoms with van der Waals surface area (Å²) in [6, 6.07) is 11.0. The van der Waals surface area contributed by atoms with E-state index < -0.39 is 5.92 Å². The number of anilines is 1. The van der Waals surface area contributed by atoms with E-state index in [9.17, 15) is 14.0 Å². The van der Waals surface area contributed by atoms with Gasteiger partial charge in [0.1, 0.15) is 23.2 Å². The monoisotopic (exact) mass is 372 g/mol. The molecule has 27 heavy (non-hydrogen) atoms. The molecule has 1 N–H and O–H groups in total. The third-order valence-corrected chi connectivity index (χ3v) is 4.58. The Bertz CT molecular complexity index is 838. The zero-order chi connectivity index (χ0) is 19.4. The maximum absolute atomic E-state index is 12.9. The van der Waals surface area contributed by atoms with Crippen molar-refractivity contribution in [2.75, 3.05) is 25.7 Å². The molecule has 0 radical (unpaired) electrons. The molecule has 0 aromatic heterocycles. The number of benzene rings is 2. The Morgan fingerprint density at radius 1 is 1.19 bits per heavy atom. The van der Waals surface area contributed by atoms with Gasteiger partial charge in [0, 0.05) is 19.2 Å². The number of rotatable bonds is 6. The third-order valence-electron chi connectivity index (χ3n) is 4.58. The van der Waals surface area contributed by atoms with Gasteiger partial charge in [0.15, 0.2) is 0 Å². The van der Waals surface area contributed by atoms with Gasteiger partial charge in [0.25, 0.3) is 0 Å². The van der Waals surface area contributed by atoms with Crippen LogP contribution in [0, 0.1) is 11.7 Å². The minimum atomic E-state index is -0.763. The summed E-state index contributed by atoms with van der Waals surface area (Å²) in [6.07, 6.45) is 0.411. The van der Waals surface area contributed by atoms with E-state index >= 15 is 0 Å². The molecule has 3 rings (SSSR count). The molecule has 7 heteroatoms. The fraction of sp³-hybridized carbons (Fsp3) is 0.300. The van der Waals surface area contributed by atoms with Crippen molar-refractivity contribution in [1.82, 2.24) is 5.32 Å². The van der Waals surface area contributed by atoms with Crippen molar-refractivity contribution in [2.24, 2.45) is 5.92 Å². The molecule has 1 fully saturated rings. The van der Waals surface area contributed by atoms with Gasteiger partial charge < -0.3 is 19.7 Å². The van der Waals surface area contributed by atoms with E-state index in [1.165, 1.54) is 19.2 Å². The summed E-state index contributed by atoms with van der Waals surface area (Å²) in [6.45, 7) is 0.655. The first kappa shape index (κ1) is 18.7. The second-order valence-electron chi connectivity index (χ2n) is 6.21. The molecule has 0 aliphatic carbocycles. The average Bonchev–Trinajstić information content (AvgIpc) is 3.08. The standard InChI is InChI=1S/C20H21FN2O4/c1-26-15-7-8-18(27-2)17(11-15)23-10-9-16(20(23)25)19(24)22-12-13-3-5-14(21)6-4-13/h3-8,11,16H,9-10,12H2,1-2H3,(H,22,24)/t16-/m1/s1. The number of methoxy groups -OCH3 is 2. The van der Waals surface area contributed by atoms with E-state index in [4.69, 9.17) is 9.47 Å². The quantitative estimate of drug-likeness (QED) is 0.792. The van der Waals surface area contributed by atoms with Crippen LogP contribution in [-0.2, 0) is 16.1 Å². The molecular weight excluding hydrogens is 351 g/mol. The molecule has 0 saturated carbocycles. The van der Waals surface area contributed by atoms with Gasteiger partial charge >= 0.3 is 0 Å². The topological polar surface area (TPSA) is 67.9 Å². The molecule has 142 valence electrons. The fourth-order valence-electron chi connectivity index (χ4n) is 3.08. The van der Waals surface area contributed by atoms with E-state index in [0.717, 1.165) is 5.56 Å².